The summed E-state index contributed by atoms with van der Waals surface area (Å²) in [5, 5.41) is 0. The molecule has 0 rings (SSSR count). The average molecular weight is 247 g/mol. The van der Waals surface area contributed by atoms with Crippen molar-refractivity contribution in [3.63, 3.8) is 0 Å². The quantitative estimate of drug-likeness (QED) is 0.525. The van der Waals surface area contributed by atoms with E-state index in [0.29, 0.717) is 0 Å². The summed E-state index contributed by atoms with van der Waals surface area (Å²) in [5.41, 5.74) is 0. The third kappa shape index (κ3) is 8.22. The number of hydrogen-bond acceptors (Lipinski definition) is 2. The molecule has 0 atom stereocenters. The number of hydrogen-bond donors (Lipinski definition) is 0. The smallest absolute Gasteiger partial charge is 0.314 e. The molecule has 0 aromatic rings. The van der Waals surface area contributed by atoms with Gasteiger partial charge in [0, 0.05) is 6.61 Å². The second-order valence-corrected chi connectivity index (χ2v) is 17.5. The topological polar surface area (TPSA) is 12.5 Å². The Bertz CT molecular complexity index is 165. The lowest BCUT2D eigenvalue weighted by Crippen LogP contribution is -2.45. The van der Waals surface area contributed by atoms with Crippen LogP contribution in [0.3, 0.4) is 0 Å². The van der Waals surface area contributed by atoms with Crippen LogP contribution in [0.1, 0.15) is 6.42 Å². The molecule has 0 aromatic heterocycles. The van der Waals surface area contributed by atoms with Crippen LogP contribution in [0.25, 0.3) is 0 Å². The summed E-state index contributed by atoms with van der Waals surface area (Å²) >= 11 is 1.21. The fraction of sp³-hybridized carbons (Fsp3) is 1.00. The SMILES string of the molecule is C[Si](C)(C)OCCC[N]([AlH2])[Si](C)(C)C. The predicted octanol–water partition coefficient (Wildman–Crippen LogP) is 1.91. The van der Waals surface area contributed by atoms with Gasteiger partial charge >= 0.3 is 16.5 Å². The third-order valence-electron chi connectivity index (χ3n) is 2.32. The van der Waals surface area contributed by atoms with E-state index in [2.05, 4.69) is 42.8 Å². The van der Waals surface area contributed by atoms with Crippen molar-refractivity contribution in [2.45, 2.75) is 45.7 Å². The molecule has 0 bridgehead atoms. The van der Waals surface area contributed by atoms with Gasteiger partial charge in [-0.25, -0.2) is 0 Å². The molecule has 0 aromatic carbocycles. The van der Waals surface area contributed by atoms with Crippen LogP contribution in [-0.4, -0.2) is 49.8 Å². The van der Waals surface area contributed by atoms with Gasteiger partial charge < -0.3 is 7.98 Å². The summed E-state index contributed by atoms with van der Waals surface area (Å²) in [5.74, 6) is 0. The lowest BCUT2D eigenvalue weighted by Gasteiger charge is -2.32. The van der Waals surface area contributed by atoms with E-state index in [1.807, 2.05) is 0 Å². The van der Waals surface area contributed by atoms with E-state index >= 15 is 0 Å². The molecular weight excluding hydrogens is 221 g/mol. The first-order chi connectivity index (χ1) is 6.13. The molecule has 5 heteroatoms. The summed E-state index contributed by atoms with van der Waals surface area (Å²) in [6.07, 6.45) is 1.21. The van der Waals surface area contributed by atoms with Crippen molar-refractivity contribution in [2.24, 2.45) is 0 Å². The average Bonchev–Trinajstić information content (AvgIpc) is 1.93. The van der Waals surface area contributed by atoms with Crippen LogP contribution in [0.15, 0.2) is 0 Å². The minimum atomic E-state index is -1.27. The second kappa shape index (κ2) is 5.83. The molecule has 0 unspecified atom stereocenters. The van der Waals surface area contributed by atoms with Crippen LogP contribution in [0, 0.1) is 0 Å². The summed E-state index contributed by atoms with van der Waals surface area (Å²) in [4.78, 5) is 0. The Morgan fingerprint density at radius 3 is 1.93 bits per heavy atom. The monoisotopic (exact) mass is 247 g/mol. The molecule has 0 N–H and O–H groups in total. The van der Waals surface area contributed by atoms with Gasteiger partial charge in [0.2, 0.25) is 0 Å². The number of rotatable bonds is 6. The van der Waals surface area contributed by atoms with Crippen LogP contribution in [0.5, 0.6) is 0 Å². The summed E-state index contributed by atoms with van der Waals surface area (Å²) in [6, 6.07) is 0. The van der Waals surface area contributed by atoms with Gasteiger partial charge in [0.25, 0.3) is 0 Å². The van der Waals surface area contributed by atoms with Crippen LogP contribution in [0.2, 0.25) is 39.3 Å². The molecule has 0 saturated carbocycles. The summed E-state index contributed by atoms with van der Waals surface area (Å²) in [7, 11) is -2.28. The van der Waals surface area contributed by atoms with Crippen molar-refractivity contribution in [2.75, 3.05) is 13.2 Å². The summed E-state index contributed by atoms with van der Waals surface area (Å²) < 4.78 is 8.49. The van der Waals surface area contributed by atoms with E-state index in [-0.39, 0.29) is 0 Å². The molecule has 0 radical (unpaired) electrons. The Balaban J connectivity index is 3.56. The predicted molar refractivity (Wildman–Crippen MR) is 72.5 cm³/mol. The highest BCUT2D eigenvalue weighted by Gasteiger charge is 2.18. The first-order valence-electron chi connectivity index (χ1n) is 5.48. The molecule has 0 aliphatic heterocycles. The molecular formula is C9H26AlNOSi2. The van der Waals surface area contributed by atoms with Crippen molar-refractivity contribution in [3.8, 4) is 0 Å². The van der Waals surface area contributed by atoms with E-state index in [4.69, 9.17) is 4.43 Å². The Labute approximate surface area is 99.9 Å². The number of nitrogens with zero attached hydrogens (tertiary/aromatic N) is 1. The van der Waals surface area contributed by atoms with Crippen LogP contribution >= 0.6 is 0 Å². The largest absolute Gasteiger partial charge is 0.418 e. The first-order valence-corrected chi connectivity index (χ1v) is 13.2. The maximum Gasteiger partial charge on any atom is 0.314 e. The Kier molecular flexibility index (Phi) is 6.20. The fourth-order valence-corrected chi connectivity index (χ4v) is 2.92. The van der Waals surface area contributed by atoms with E-state index in [9.17, 15) is 0 Å². The van der Waals surface area contributed by atoms with E-state index in [1.165, 1.54) is 29.5 Å². The minimum Gasteiger partial charge on any atom is -0.418 e. The molecule has 84 valence electrons. The first kappa shape index (κ1) is 14.9. The highest BCUT2D eigenvalue weighted by atomic mass is 28.4. The maximum atomic E-state index is 5.84. The van der Waals surface area contributed by atoms with E-state index < -0.39 is 16.6 Å². The Morgan fingerprint density at radius 1 is 1.07 bits per heavy atom. The zero-order chi connectivity index (χ0) is 11.4. The molecule has 0 aliphatic rings. The highest BCUT2D eigenvalue weighted by molar-refractivity contribution is 6.77. The molecule has 0 aliphatic carbocycles. The van der Waals surface area contributed by atoms with Gasteiger partial charge in [-0.15, -0.1) is 0 Å². The van der Waals surface area contributed by atoms with Crippen LogP contribution in [0.4, 0.5) is 0 Å². The molecule has 0 fully saturated rings. The van der Waals surface area contributed by atoms with Gasteiger partial charge in [0.1, 0.15) is 0 Å². The molecule has 0 saturated heterocycles. The van der Waals surface area contributed by atoms with Crippen LogP contribution in [-0.2, 0) is 4.43 Å². The van der Waals surface area contributed by atoms with Crippen molar-refractivity contribution in [1.82, 2.24) is 3.55 Å². The molecule has 14 heavy (non-hydrogen) atoms. The standard InChI is InChI=1S/C9H24NOSi2.Al.2H/c1-12(2,3)10-8-7-9-11-13(4,5)6;;;/h7-9H2,1-6H3;;;/q-1;+1;;. The highest BCUT2D eigenvalue weighted by Crippen LogP contribution is 2.07. The zero-order valence-corrected chi connectivity index (χ0v) is 15.0. The van der Waals surface area contributed by atoms with Crippen molar-refractivity contribution < 1.29 is 4.43 Å². The van der Waals surface area contributed by atoms with Gasteiger partial charge in [0.15, 0.2) is 8.32 Å². The van der Waals surface area contributed by atoms with Crippen molar-refractivity contribution in [1.29, 1.82) is 0 Å². The lowest BCUT2D eigenvalue weighted by molar-refractivity contribution is 0.298. The minimum absolute atomic E-state index is 0.957. The third-order valence-corrected chi connectivity index (χ3v) is 10.4. The van der Waals surface area contributed by atoms with Gasteiger partial charge in [-0.05, 0) is 32.6 Å². The normalized spacial score (nSPS) is 13.6. The van der Waals surface area contributed by atoms with Crippen LogP contribution < -0.4 is 0 Å². The molecule has 0 spiro atoms. The Hall–Kier alpha value is 0.886. The second-order valence-electron chi connectivity index (χ2n) is 5.91. The fourth-order valence-electron chi connectivity index (χ4n) is 1.02. The van der Waals surface area contributed by atoms with Crippen molar-refractivity contribution >= 4 is 33.1 Å². The lowest BCUT2D eigenvalue weighted by atomic mass is 10.5. The van der Waals surface area contributed by atoms with Gasteiger partial charge in [-0.3, -0.25) is 0 Å². The van der Waals surface area contributed by atoms with E-state index in [0.717, 1.165) is 6.61 Å². The van der Waals surface area contributed by atoms with Gasteiger partial charge in [-0.1, -0.05) is 19.6 Å². The molecule has 2 nitrogen and oxygen atoms in total. The Morgan fingerprint density at radius 2 is 1.57 bits per heavy atom. The molecule has 0 heterocycles. The van der Waals surface area contributed by atoms with Gasteiger partial charge in [-0.2, -0.15) is 0 Å². The van der Waals surface area contributed by atoms with E-state index in [1.54, 1.807) is 0 Å². The summed E-state index contributed by atoms with van der Waals surface area (Å²) in [6.45, 7) is 16.2. The van der Waals surface area contributed by atoms with Gasteiger partial charge in [0.05, 0.1) is 8.24 Å². The molecule has 0 amide bonds. The van der Waals surface area contributed by atoms with Crippen molar-refractivity contribution in [3.05, 3.63) is 0 Å². The maximum absolute atomic E-state index is 5.84. The zero-order valence-electron chi connectivity index (χ0n) is 11.0.